The molecule has 0 radical (unpaired) electrons. The summed E-state index contributed by atoms with van der Waals surface area (Å²) in [6.07, 6.45) is 1.44. The predicted octanol–water partition coefficient (Wildman–Crippen LogP) is 0.313. The molecule has 0 spiro atoms. The number of amides is 1. The van der Waals surface area contributed by atoms with Crippen LogP contribution in [0, 0.1) is 5.92 Å². The molecule has 4 unspecified atom stereocenters. The molecular weight excluding hydrogens is 222 g/mol. The lowest BCUT2D eigenvalue weighted by atomic mass is 9.86. The molecule has 1 amide bonds. The number of aliphatic hydroxyl groups excluding tert-OH is 1. The molecule has 5 heteroatoms. The van der Waals surface area contributed by atoms with Crippen molar-refractivity contribution in [2.75, 3.05) is 20.3 Å². The number of carbonyl (C=O) groups is 1. The molecule has 1 rings (SSSR count). The van der Waals surface area contributed by atoms with Crippen LogP contribution in [0.4, 0.5) is 0 Å². The Morgan fingerprint density at radius 1 is 1.53 bits per heavy atom. The highest BCUT2D eigenvalue weighted by Crippen LogP contribution is 2.28. The van der Waals surface area contributed by atoms with Crippen LogP contribution < -0.4 is 5.32 Å². The lowest BCUT2D eigenvalue weighted by molar-refractivity contribution is -0.144. The quantitative estimate of drug-likeness (QED) is 0.731. The van der Waals surface area contributed by atoms with E-state index in [1.165, 1.54) is 6.92 Å². The third kappa shape index (κ3) is 3.94. The second kappa shape index (κ2) is 6.93. The molecule has 17 heavy (non-hydrogen) atoms. The fourth-order valence-electron chi connectivity index (χ4n) is 2.41. The monoisotopic (exact) mass is 245 g/mol. The number of nitrogens with one attached hydrogen (secondary N) is 1. The maximum atomic E-state index is 11.2. The van der Waals surface area contributed by atoms with Crippen molar-refractivity contribution in [2.24, 2.45) is 5.92 Å². The number of carbonyl (C=O) groups excluding carboxylic acids is 1. The lowest BCUT2D eigenvalue weighted by Crippen LogP contribution is -2.54. The van der Waals surface area contributed by atoms with E-state index in [2.05, 4.69) is 12.2 Å². The Morgan fingerprint density at radius 3 is 2.71 bits per heavy atom. The molecule has 4 atom stereocenters. The molecule has 0 aromatic rings. The van der Waals surface area contributed by atoms with E-state index in [9.17, 15) is 9.90 Å². The number of hydrogen-bond acceptors (Lipinski definition) is 4. The molecule has 5 nitrogen and oxygen atoms in total. The first-order valence-electron chi connectivity index (χ1n) is 6.14. The van der Waals surface area contributed by atoms with Crippen molar-refractivity contribution in [1.29, 1.82) is 0 Å². The van der Waals surface area contributed by atoms with E-state index in [-0.39, 0.29) is 36.7 Å². The van der Waals surface area contributed by atoms with Gasteiger partial charge in [0.15, 0.2) is 0 Å². The molecule has 0 saturated carbocycles. The standard InChI is InChI=1S/C12H23NO4/c1-4-9-5-10(13-8(2)15)12(7-16-3)17-11(9)6-14/h9-12,14H,4-7H2,1-3H3,(H,13,15). The second-order valence-electron chi connectivity index (χ2n) is 4.56. The fraction of sp³-hybridized carbons (Fsp3) is 0.917. The Kier molecular flexibility index (Phi) is 5.88. The van der Waals surface area contributed by atoms with Gasteiger partial charge in [0.1, 0.15) is 6.10 Å². The highest BCUT2D eigenvalue weighted by molar-refractivity contribution is 5.73. The minimum atomic E-state index is -0.177. The van der Waals surface area contributed by atoms with Crippen LogP contribution in [0.2, 0.25) is 0 Å². The molecule has 1 fully saturated rings. The van der Waals surface area contributed by atoms with Crippen molar-refractivity contribution in [2.45, 2.75) is 44.9 Å². The number of aliphatic hydroxyl groups is 1. The van der Waals surface area contributed by atoms with Crippen molar-refractivity contribution >= 4 is 5.91 Å². The van der Waals surface area contributed by atoms with Crippen LogP contribution in [0.5, 0.6) is 0 Å². The van der Waals surface area contributed by atoms with Gasteiger partial charge < -0.3 is 19.9 Å². The van der Waals surface area contributed by atoms with Crippen LogP contribution in [-0.2, 0) is 14.3 Å². The molecule has 0 aliphatic carbocycles. The van der Waals surface area contributed by atoms with E-state index in [0.717, 1.165) is 12.8 Å². The zero-order valence-electron chi connectivity index (χ0n) is 10.8. The summed E-state index contributed by atoms with van der Waals surface area (Å²) in [6.45, 7) is 4.02. The Hall–Kier alpha value is -0.650. The number of hydrogen-bond donors (Lipinski definition) is 2. The minimum Gasteiger partial charge on any atom is -0.394 e. The zero-order chi connectivity index (χ0) is 12.8. The van der Waals surface area contributed by atoms with Gasteiger partial charge >= 0.3 is 0 Å². The fourth-order valence-corrected chi connectivity index (χ4v) is 2.41. The SMILES string of the molecule is CCC1CC(NC(C)=O)C(COC)OC1CO. The van der Waals surface area contributed by atoms with E-state index in [1.54, 1.807) is 7.11 Å². The number of ether oxygens (including phenoxy) is 2. The smallest absolute Gasteiger partial charge is 0.217 e. The average molecular weight is 245 g/mol. The van der Waals surface area contributed by atoms with Gasteiger partial charge in [-0.3, -0.25) is 4.79 Å². The average Bonchev–Trinajstić information content (AvgIpc) is 2.30. The summed E-state index contributed by atoms with van der Waals surface area (Å²) in [5.41, 5.74) is 0. The van der Waals surface area contributed by atoms with Crippen molar-refractivity contribution in [3.63, 3.8) is 0 Å². The van der Waals surface area contributed by atoms with Gasteiger partial charge in [0.05, 0.1) is 25.4 Å². The van der Waals surface area contributed by atoms with E-state index in [0.29, 0.717) is 6.61 Å². The predicted molar refractivity (Wildman–Crippen MR) is 63.6 cm³/mol. The molecule has 1 aliphatic rings. The van der Waals surface area contributed by atoms with Gasteiger partial charge in [-0.15, -0.1) is 0 Å². The summed E-state index contributed by atoms with van der Waals surface area (Å²) < 4.78 is 10.9. The van der Waals surface area contributed by atoms with Crippen LogP contribution in [0.15, 0.2) is 0 Å². The maximum absolute atomic E-state index is 11.2. The van der Waals surface area contributed by atoms with Crippen LogP contribution in [0.25, 0.3) is 0 Å². The van der Waals surface area contributed by atoms with E-state index < -0.39 is 0 Å². The van der Waals surface area contributed by atoms with Gasteiger partial charge in [-0.1, -0.05) is 13.3 Å². The van der Waals surface area contributed by atoms with Crippen molar-refractivity contribution in [3.8, 4) is 0 Å². The van der Waals surface area contributed by atoms with Gasteiger partial charge in [-0.2, -0.15) is 0 Å². The van der Waals surface area contributed by atoms with Gasteiger partial charge in [0.25, 0.3) is 0 Å². The first-order valence-corrected chi connectivity index (χ1v) is 6.14. The largest absolute Gasteiger partial charge is 0.394 e. The van der Waals surface area contributed by atoms with E-state index in [1.807, 2.05) is 0 Å². The third-order valence-corrected chi connectivity index (χ3v) is 3.30. The van der Waals surface area contributed by atoms with Crippen LogP contribution in [0.1, 0.15) is 26.7 Å². The van der Waals surface area contributed by atoms with E-state index in [4.69, 9.17) is 9.47 Å². The molecule has 1 aliphatic heterocycles. The Balaban J connectivity index is 2.68. The summed E-state index contributed by atoms with van der Waals surface area (Å²) in [7, 11) is 1.61. The van der Waals surface area contributed by atoms with Gasteiger partial charge in [-0.25, -0.2) is 0 Å². The zero-order valence-corrected chi connectivity index (χ0v) is 10.8. The number of rotatable bonds is 5. The molecule has 0 bridgehead atoms. The van der Waals surface area contributed by atoms with Crippen molar-refractivity contribution in [1.82, 2.24) is 5.32 Å². The topological polar surface area (TPSA) is 67.8 Å². The summed E-state index contributed by atoms with van der Waals surface area (Å²) >= 11 is 0. The first kappa shape index (κ1) is 14.4. The van der Waals surface area contributed by atoms with Gasteiger partial charge in [0, 0.05) is 14.0 Å². The van der Waals surface area contributed by atoms with Gasteiger partial charge in [-0.05, 0) is 12.3 Å². The summed E-state index contributed by atoms with van der Waals surface area (Å²) in [5.74, 6) is 0.224. The Labute approximate surface area is 102 Å². The van der Waals surface area contributed by atoms with Crippen LogP contribution >= 0.6 is 0 Å². The minimum absolute atomic E-state index is 0.0194. The van der Waals surface area contributed by atoms with Crippen LogP contribution in [-0.4, -0.2) is 49.6 Å². The molecule has 100 valence electrons. The number of methoxy groups -OCH3 is 1. The highest BCUT2D eigenvalue weighted by Gasteiger charge is 2.37. The van der Waals surface area contributed by atoms with Gasteiger partial charge in [0.2, 0.25) is 5.91 Å². The summed E-state index contributed by atoms with van der Waals surface area (Å²) in [6, 6.07) is -0.0276. The van der Waals surface area contributed by atoms with Crippen molar-refractivity contribution < 1.29 is 19.4 Å². The molecule has 1 heterocycles. The summed E-state index contributed by atoms with van der Waals surface area (Å²) in [5, 5.41) is 12.2. The third-order valence-electron chi connectivity index (χ3n) is 3.30. The normalized spacial score (nSPS) is 33.4. The Bertz CT molecular complexity index is 247. The summed E-state index contributed by atoms with van der Waals surface area (Å²) in [4.78, 5) is 11.2. The van der Waals surface area contributed by atoms with Crippen molar-refractivity contribution in [3.05, 3.63) is 0 Å². The maximum Gasteiger partial charge on any atom is 0.217 e. The second-order valence-corrected chi connectivity index (χ2v) is 4.56. The first-order chi connectivity index (χ1) is 8.12. The molecule has 0 aromatic carbocycles. The molecule has 0 aromatic heterocycles. The molecule has 2 N–H and O–H groups in total. The molecular formula is C12H23NO4. The van der Waals surface area contributed by atoms with Crippen LogP contribution in [0.3, 0.4) is 0 Å². The highest BCUT2D eigenvalue weighted by atomic mass is 16.5. The lowest BCUT2D eigenvalue weighted by Gasteiger charge is -2.40. The van der Waals surface area contributed by atoms with E-state index >= 15 is 0 Å². The Morgan fingerprint density at radius 2 is 2.24 bits per heavy atom. The molecule has 1 saturated heterocycles.